The highest BCUT2D eigenvalue weighted by molar-refractivity contribution is 7.99. The summed E-state index contributed by atoms with van der Waals surface area (Å²) in [4.78, 5) is 11.6. The van der Waals surface area contributed by atoms with Crippen molar-refractivity contribution < 1.29 is 9.32 Å². The third-order valence-electron chi connectivity index (χ3n) is 2.04. The summed E-state index contributed by atoms with van der Waals surface area (Å²) in [5.74, 6) is 1.57. The Balaban J connectivity index is 1.74. The van der Waals surface area contributed by atoms with Crippen LogP contribution >= 0.6 is 11.8 Å². The van der Waals surface area contributed by atoms with Crippen LogP contribution in [0.3, 0.4) is 0 Å². The van der Waals surface area contributed by atoms with E-state index >= 15 is 0 Å². The molecule has 1 amide bonds. The van der Waals surface area contributed by atoms with Crippen LogP contribution in [-0.2, 0) is 11.8 Å². The number of aryl methyl sites for hydroxylation is 2. The molecule has 0 bridgehead atoms. The number of carbonyl (C=O) groups is 1. The minimum atomic E-state index is -0.120. The number of anilines is 1. The summed E-state index contributed by atoms with van der Waals surface area (Å²) >= 11 is 1.42. The molecule has 0 radical (unpaired) electrons. The Hall–Kier alpha value is -1.90. The second-order valence-corrected chi connectivity index (χ2v) is 4.62. The summed E-state index contributed by atoms with van der Waals surface area (Å²) in [7, 11) is 1.75. The number of rotatable bonds is 5. The van der Waals surface area contributed by atoms with Crippen LogP contribution in [0.5, 0.6) is 0 Å². The molecule has 2 aromatic rings. The van der Waals surface area contributed by atoms with E-state index in [1.54, 1.807) is 24.7 Å². The van der Waals surface area contributed by atoms with Crippen molar-refractivity contribution in [1.82, 2.24) is 25.4 Å². The van der Waals surface area contributed by atoms with Crippen LogP contribution in [0.15, 0.2) is 15.7 Å². The average Bonchev–Trinajstić information content (AvgIpc) is 2.89. The number of nitrogens with zero attached hydrogens (tertiary/aromatic N) is 5. The quantitative estimate of drug-likeness (QED) is 0.794. The van der Waals surface area contributed by atoms with E-state index in [0.717, 1.165) is 0 Å². The maximum Gasteiger partial charge on any atom is 0.226 e. The van der Waals surface area contributed by atoms with E-state index in [-0.39, 0.29) is 5.91 Å². The molecule has 96 valence electrons. The molecule has 2 heterocycles. The maximum absolute atomic E-state index is 11.6. The predicted octanol–water partition coefficient (Wildman–Crippen LogP) is 0.627. The van der Waals surface area contributed by atoms with Gasteiger partial charge in [0.15, 0.2) is 5.82 Å². The highest BCUT2D eigenvalue weighted by Crippen LogP contribution is 2.14. The first-order valence-corrected chi connectivity index (χ1v) is 6.22. The van der Waals surface area contributed by atoms with Crippen molar-refractivity contribution in [3.63, 3.8) is 0 Å². The Morgan fingerprint density at radius 2 is 2.44 bits per heavy atom. The lowest BCUT2D eigenvalue weighted by Gasteiger charge is -2.00. The van der Waals surface area contributed by atoms with Crippen molar-refractivity contribution >= 4 is 23.5 Å². The van der Waals surface area contributed by atoms with Crippen LogP contribution in [0.2, 0.25) is 0 Å². The van der Waals surface area contributed by atoms with Crippen LogP contribution in [0.25, 0.3) is 0 Å². The molecule has 0 atom stereocenters. The van der Waals surface area contributed by atoms with Crippen LogP contribution in [-0.4, -0.2) is 37.0 Å². The van der Waals surface area contributed by atoms with Gasteiger partial charge >= 0.3 is 0 Å². The van der Waals surface area contributed by atoms with E-state index in [0.29, 0.717) is 28.9 Å². The summed E-state index contributed by atoms with van der Waals surface area (Å²) in [6.07, 6.45) is 0.351. The number of amides is 1. The van der Waals surface area contributed by atoms with E-state index < -0.39 is 0 Å². The Bertz CT molecular complexity index is 537. The summed E-state index contributed by atoms with van der Waals surface area (Å²) in [6.45, 7) is 1.76. The van der Waals surface area contributed by atoms with Gasteiger partial charge in [-0.3, -0.25) is 4.79 Å². The van der Waals surface area contributed by atoms with Crippen LogP contribution in [0, 0.1) is 6.92 Å². The smallest absolute Gasteiger partial charge is 0.226 e. The highest BCUT2D eigenvalue weighted by Gasteiger charge is 2.08. The molecule has 8 nitrogen and oxygen atoms in total. The van der Waals surface area contributed by atoms with E-state index in [1.807, 2.05) is 0 Å². The monoisotopic (exact) mass is 268 g/mol. The van der Waals surface area contributed by atoms with Gasteiger partial charge < -0.3 is 9.84 Å². The maximum atomic E-state index is 11.6. The fourth-order valence-corrected chi connectivity index (χ4v) is 2.00. The molecule has 0 aliphatic rings. The zero-order valence-electron chi connectivity index (χ0n) is 9.95. The molecule has 2 rings (SSSR count). The minimum Gasteiger partial charge on any atom is -0.360 e. The second kappa shape index (κ2) is 5.63. The van der Waals surface area contributed by atoms with Gasteiger partial charge in [-0.2, -0.15) is 0 Å². The van der Waals surface area contributed by atoms with Gasteiger partial charge in [-0.25, -0.2) is 4.68 Å². The van der Waals surface area contributed by atoms with Gasteiger partial charge in [0, 0.05) is 25.3 Å². The van der Waals surface area contributed by atoms with Gasteiger partial charge in [0.25, 0.3) is 0 Å². The van der Waals surface area contributed by atoms with Crippen molar-refractivity contribution in [3.8, 4) is 0 Å². The number of tetrazole rings is 1. The zero-order valence-corrected chi connectivity index (χ0v) is 10.8. The number of thioether (sulfide) groups is 1. The summed E-state index contributed by atoms with van der Waals surface area (Å²) in [6, 6.07) is 1.66. The Morgan fingerprint density at radius 3 is 3.06 bits per heavy atom. The standard InChI is InChI=1S/C9H12N6O2S/c1-6-5-7(12-17-6)10-8(16)3-4-18-9-11-13-14-15(9)2/h5H,3-4H2,1-2H3,(H,10,12,16). The molecule has 0 saturated heterocycles. The van der Waals surface area contributed by atoms with Crippen LogP contribution in [0.4, 0.5) is 5.82 Å². The van der Waals surface area contributed by atoms with Gasteiger partial charge in [0.05, 0.1) is 0 Å². The van der Waals surface area contributed by atoms with E-state index in [2.05, 4.69) is 26.0 Å². The summed E-state index contributed by atoms with van der Waals surface area (Å²) < 4.78 is 6.40. The molecule has 0 fully saturated rings. The molecule has 0 unspecified atom stereocenters. The zero-order chi connectivity index (χ0) is 13.0. The fourth-order valence-electron chi connectivity index (χ4n) is 1.21. The molecule has 0 aromatic carbocycles. The number of hydrogen-bond acceptors (Lipinski definition) is 7. The molecular formula is C9H12N6O2S. The molecule has 2 aromatic heterocycles. The van der Waals surface area contributed by atoms with Gasteiger partial charge in [0.2, 0.25) is 11.1 Å². The molecule has 1 N–H and O–H groups in total. The molecule has 18 heavy (non-hydrogen) atoms. The molecule has 0 spiro atoms. The summed E-state index contributed by atoms with van der Waals surface area (Å²) in [5, 5.41) is 18.0. The second-order valence-electron chi connectivity index (χ2n) is 3.55. The molecule has 9 heteroatoms. The third kappa shape index (κ3) is 3.29. The summed E-state index contributed by atoms with van der Waals surface area (Å²) in [5.41, 5.74) is 0. The van der Waals surface area contributed by atoms with Crippen molar-refractivity contribution in [3.05, 3.63) is 11.8 Å². The lowest BCUT2D eigenvalue weighted by Crippen LogP contribution is -2.12. The van der Waals surface area contributed by atoms with Gasteiger partial charge in [0.1, 0.15) is 5.76 Å². The first-order valence-electron chi connectivity index (χ1n) is 5.23. The Morgan fingerprint density at radius 1 is 1.61 bits per heavy atom. The van der Waals surface area contributed by atoms with Crippen molar-refractivity contribution in [2.45, 2.75) is 18.5 Å². The minimum absolute atomic E-state index is 0.120. The fraction of sp³-hybridized carbons (Fsp3) is 0.444. The van der Waals surface area contributed by atoms with Crippen LogP contribution < -0.4 is 5.32 Å². The number of hydrogen-bond donors (Lipinski definition) is 1. The average molecular weight is 268 g/mol. The van der Waals surface area contributed by atoms with Crippen molar-refractivity contribution in [2.24, 2.45) is 7.05 Å². The Kier molecular flexibility index (Phi) is 3.92. The van der Waals surface area contributed by atoms with E-state index in [1.165, 1.54) is 11.8 Å². The SMILES string of the molecule is Cc1cc(NC(=O)CCSc2nnnn2C)no1. The van der Waals surface area contributed by atoms with Gasteiger partial charge in [-0.15, -0.1) is 5.10 Å². The third-order valence-corrected chi connectivity index (χ3v) is 3.05. The molecular weight excluding hydrogens is 256 g/mol. The normalized spacial score (nSPS) is 10.6. The highest BCUT2D eigenvalue weighted by atomic mass is 32.2. The van der Waals surface area contributed by atoms with Gasteiger partial charge in [-0.05, 0) is 17.4 Å². The van der Waals surface area contributed by atoms with Gasteiger partial charge in [-0.1, -0.05) is 16.9 Å². The van der Waals surface area contributed by atoms with E-state index in [4.69, 9.17) is 4.52 Å². The lowest BCUT2D eigenvalue weighted by molar-refractivity contribution is -0.115. The first kappa shape index (κ1) is 12.6. The molecule has 0 saturated carbocycles. The number of nitrogens with one attached hydrogen (secondary N) is 1. The predicted molar refractivity (Wildman–Crippen MR) is 64.0 cm³/mol. The Labute approximate surface area is 107 Å². The molecule has 0 aliphatic carbocycles. The van der Waals surface area contributed by atoms with Crippen LogP contribution in [0.1, 0.15) is 12.2 Å². The number of carbonyl (C=O) groups excluding carboxylic acids is 1. The molecule has 0 aliphatic heterocycles. The van der Waals surface area contributed by atoms with Crippen molar-refractivity contribution in [2.75, 3.05) is 11.1 Å². The van der Waals surface area contributed by atoms with Crippen molar-refractivity contribution in [1.29, 1.82) is 0 Å². The topological polar surface area (TPSA) is 98.7 Å². The van der Waals surface area contributed by atoms with E-state index in [9.17, 15) is 4.79 Å². The first-order chi connectivity index (χ1) is 8.65. The number of aromatic nitrogens is 5. The lowest BCUT2D eigenvalue weighted by atomic mass is 10.4. The largest absolute Gasteiger partial charge is 0.360 e.